The van der Waals surface area contributed by atoms with E-state index in [-0.39, 0.29) is 18.3 Å². The van der Waals surface area contributed by atoms with E-state index in [1.807, 2.05) is 36.6 Å². The number of rotatable bonds is 7. The molecule has 3 rings (SSSR count). The van der Waals surface area contributed by atoms with Gasteiger partial charge in [0.15, 0.2) is 5.16 Å². The molecule has 2 aromatic carbocycles. The molecule has 146 valence electrons. The maximum Gasteiger partial charge on any atom is 0.234 e. The number of carbonyl (C=O) groups excluding carboxylic acids is 1. The fraction of sp³-hybridized carbons (Fsp3) is 0.273. The monoisotopic (exact) mass is 395 g/mol. The Balaban J connectivity index is 1.68. The van der Waals surface area contributed by atoms with Crippen molar-refractivity contribution in [3.05, 3.63) is 76.6 Å². The third-order valence-electron chi connectivity index (χ3n) is 4.52. The van der Waals surface area contributed by atoms with Crippen LogP contribution in [0.25, 0.3) is 0 Å². The Kier molecular flexibility index (Phi) is 6.54. The highest BCUT2D eigenvalue weighted by atomic mass is 32.2. The Bertz CT molecular complexity index is 964. The summed E-state index contributed by atoms with van der Waals surface area (Å²) in [5.41, 5.74) is 6.04. The summed E-state index contributed by atoms with van der Waals surface area (Å²) in [6.07, 6.45) is 1.67. The number of thioether (sulfide) groups is 1. The lowest BCUT2D eigenvalue weighted by atomic mass is 10.1. The highest BCUT2D eigenvalue weighted by Gasteiger charge is 2.13. The van der Waals surface area contributed by atoms with Gasteiger partial charge in [0.25, 0.3) is 0 Å². The molecule has 0 bridgehead atoms. The molecule has 5 nitrogen and oxygen atoms in total. The summed E-state index contributed by atoms with van der Waals surface area (Å²) < 4.78 is 1.96. The van der Waals surface area contributed by atoms with E-state index in [1.54, 1.807) is 6.20 Å². The van der Waals surface area contributed by atoms with Gasteiger partial charge < -0.3 is 15.0 Å². The smallest absolute Gasteiger partial charge is 0.234 e. The zero-order valence-corrected chi connectivity index (χ0v) is 17.2. The van der Waals surface area contributed by atoms with Crippen LogP contribution >= 0.6 is 11.8 Å². The van der Waals surface area contributed by atoms with Crippen LogP contribution in [0, 0.1) is 20.8 Å². The largest absolute Gasteiger partial charge is 0.390 e. The molecule has 2 N–H and O–H groups in total. The van der Waals surface area contributed by atoms with E-state index < -0.39 is 0 Å². The fourth-order valence-electron chi connectivity index (χ4n) is 2.87. The normalized spacial score (nSPS) is 10.9. The van der Waals surface area contributed by atoms with Crippen LogP contribution in [0.4, 0.5) is 5.69 Å². The van der Waals surface area contributed by atoms with Crippen LogP contribution in [0.15, 0.2) is 53.8 Å². The number of anilines is 1. The van der Waals surface area contributed by atoms with Crippen LogP contribution in [0.2, 0.25) is 0 Å². The maximum absolute atomic E-state index is 12.4. The predicted molar refractivity (Wildman–Crippen MR) is 114 cm³/mol. The fourth-order valence-corrected chi connectivity index (χ4v) is 3.66. The lowest BCUT2D eigenvalue weighted by Gasteiger charge is -2.12. The zero-order valence-electron chi connectivity index (χ0n) is 16.4. The number of aliphatic hydroxyl groups excluding tert-OH is 1. The minimum Gasteiger partial charge on any atom is -0.390 e. The molecule has 28 heavy (non-hydrogen) atoms. The molecule has 0 atom stereocenters. The second-order valence-corrected chi connectivity index (χ2v) is 7.86. The van der Waals surface area contributed by atoms with Crippen molar-refractivity contribution in [2.24, 2.45) is 0 Å². The van der Waals surface area contributed by atoms with Gasteiger partial charge in [0, 0.05) is 12.2 Å². The Hall–Kier alpha value is -2.57. The van der Waals surface area contributed by atoms with E-state index in [0.717, 1.165) is 33.2 Å². The van der Waals surface area contributed by atoms with Gasteiger partial charge in [-0.3, -0.25) is 4.79 Å². The average Bonchev–Trinajstić information content (AvgIpc) is 3.06. The van der Waals surface area contributed by atoms with Gasteiger partial charge >= 0.3 is 0 Å². The van der Waals surface area contributed by atoms with Gasteiger partial charge in [-0.1, -0.05) is 53.7 Å². The molecule has 0 saturated heterocycles. The first-order chi connectivity index (χ1) is 13.5. The van der Waals surface area contributed by atoms with Gasteiger partial charge in [-0.25, -0.2) is 4.98 Å². The molecule has 1 aromatic heterocycles. The lowest BCUT2D eigenvalue weighted by molar-refractivity contribution is -0.113. The van der Waals surface area contributed by atoms with Gasteiger partial charge in [0.1, 0.15) is 0 Å². The predicted octanol–water partition coefficient (Wildman–Crippen LogP) is 4.08. The Labute approximate surface area is 169 Å². The first kappa shape index (κ1) is 20.2. The van der Waals surface area contributed by atoms with Crippen molar-refractivity contribution in [3.63, 3.8) is 0 Å². The molecule has 6 heteroatoms. The molecule has 3 aromatic rings. The Morgan fingerprint density at radius 1 is 1.11 bits per heavy atom. The van der Waals surface area contributed by atoms with Crippen molar-refractivity contribution in [2.45, 2.75) is 39.1 Å². The van der Waals surface area contributed by atoms with E-state index in [2.05, 4.69) is 41.5 Å². The van der Waals surface area contributed by atoms with E-state index >= 15 is 0 Å². The van der Waals surface area contributed by atoms with Crippen LogP contribution in [0.5, 0.6) is 0 Å². The number of amides is 1. The molecule has 0 fully saturated rings. The number of imidazole rings is 1. The molecular weight excluding hydrogens is 370 g/mol. The molecule has 0 saturated carbocycles. The van der Waals surface area contributed by atoms with E-state index in [1.165, 1.54) is 17.3 Å². The highest BCUT2D eigenvalue weighted by molar-refractivity contribution is 7.99. The van der Waals surface area contributed by atoms with Crippen molar-refractivity contribution >= 4 is 23.4 Å². The number of hydrogen-bond acceptors (Lipinski definition) is 4. The lowest BCUT2D eigenvalue weighted by Crippen LogP contribution is -2.16. The molecular formula is C22H25N3O2S. The number of carbonyl (C=O) groups is 1. The van der Waals surface area contributed by atoms with Crippen LogP contribution in [-0.4, -0.2) is 26.3 Å². The molecule has 0 spiro atoms. The Morgan fingerprint density at radius 3 is 2.54 bits per heavy atom. The summed E-state index contributed by atoms with van der Waals surface area (Å²) in [4.78, 5) is 16.8. The maximum atomic E-state index is 12.4. The van der Waals surface area contributed by atoms with Gasteiger partial charge in [-0.05, 0) is 43.5 Å². The minimum atomic E-state index is -0.0892. The topological polar surface area (TPSA) is 67.1 Å². The molecule has 0 radical (unpaired) electrons. The summed E-state index contributed by atoms with van der Waals surface area (Å²) in [5.74, 6) is 0.178. The third-order valence-corrected chi connectivity index (χ3v) is 5.51. The summed E-state index contributed by atoms with van der Waals surface area (Å²) in [5, 5.41) is 13.3. The van der Waals surface area contributed by atoms with Crippen molar-refractivity contribution < 1.29 is 9.90 Å². The molecule has 0 unspecified atom stereocenters. The van der Waals surface area contributed by atoms with Crippen molar-refractivity contribution in [1.29, 1.82) is 0 Å². The number of hydrogen-bond donors (Lipinski definition) is 2. The summed E-state index contributed by atoms with van der Waals surface area (Å²) in [6, 6.07) is 14.3. The molecule has 0 aliphatic carbocycles. The number of nitrogens with zero attached hydrogens (tertiary/aromatic N) is 2. The van der Waals surface area contributed by atoms with Crippen molar-refractivity contribution in [3.8, 4) is 0 Å². The van der Waals surface area contributed by atoms with Gasteiger partial charge in [0.05, 0.1) is 24.3 Å². The molecule has 0 aliphatic heterocycles. The number of nitrogens with one attached hydrogen (secondary N) is 1. The first-order valence-corrected chi connectivity index (χ1v) is 10.2. The molecule has 1 heterocycles. The van der Waals surface area contributed by atoms with E-state index in [0.29, 0.717) is 6.54 Å². The summed E-state index contributed by atoms with van der Waals surface area (Å²) in [6.45, 7) is 6.55. The number of aromatic nitrogens is 2. The average molecular weight is 396 g/mol. The number of aryl methyl sites for hydroxylation is 3. The number of aliphatic hydroxyl groups is 1. The van der Waals surface area contributed by atoms with Crippen LogP contribution in [-0.2, 0) is 17.9 Å². The minimum absolute atomic E-state index is 0.0749. The summed E-state index contributed by atoms with van der Waals surface area (Å²) >= 11 is 1.37. The molecule has 1 amide bonds. The van der Waals surface area contributed by atoms with Crippen molar-refractivity contribution in [2.75, 3.05) is 11.1 Å². The van der Waals surface area contributed by atoms with Gasteiger partial charge in [0.2, 0.25) is 5.91 Å². The Morgan fingerprint density at radius 2 is 1.82 bits per heavy atom. The third kappa shape index (κ3) is 5.03. The first-order valence-electron chi connectivity index (χ1n) is 9.17. The van der Waals surface area contributed by atoms with E-state index in [9.17, 15) is 9.90 Å². The van der Waals surface area contributed by atoms with Crippen LogP contribution < -0.4 is 5.32 Å². The zero-order chi connectivity index (χ0) is 20.1. The molecule has 0 aliphatic rings. The number of benzene rings is 2. The second kappa shape index (κ2) is 9.08. The van der Waals surface area contributed by atoms with Crippen molar-refractivity contribution in [1.82, 2.24) is 9.55 Å². The van der Waals surface area contributed by atoms with E-state index in [4.69, 9.17) is 0 Å². The van der Waals surface area contributed by atoms with Gasteiger partial charge in [-0.2, -0.15) is 0 Å². The standard InChI is InChI=1S/C22H25N3O2S/c1-15-5-8-18(9-6-15)12-25-19(13-26)11-23-22(25)28-14-21(27)24-20-10-16(2)4-7-17(20)3/h4-11,26H,12-14H2,1-3H3,(H,24,27). The quantitative estimate of drug-likeness (QED) is 0.592. The van der Waals surface area contributed by atoms with Crippen LogP contribution in [0.3, 0.4) is 0 Å². The summed E-state index contributed by atoms with van der Waals surface area (Å²) in [7, 11) is 0. The SMILES string of the molecule is Cc1ccc(Cn2c(CO)cnc2SCC(=O)Nc2cc(C)ccc2C)cc1. The van der Waals surface area contributed by atoms with Crippen LogP contribution in [0.1, 0.15) is 27.9 Å². The highest BCUT2D eigenvalue weighted by Crippen LogP contribution is 2.22. The van der Waals surface area contributed by atoms with Gasteiger partial charge in [-0.15, -0.1) is 0 Å². The second-order valence-electron chi connectivity index (χ2n) is 6.92.